The molecule has 1 fully saturated rings. The SMILES string of the molecule is CCCCC[C@H]1CC[C@H](C(=O)Oc2ccc(F)cc2)CC1. The van der Waals surface area contributed by atoms with Gasteiger partial charge in [0, 0.05) is 0 Å². The van der Waals surface area contributed by atoms with E-state index in [9.17, 15) is 9.18 Å². The van der Waals surface area contributed by atoms with E-state index in [-0.39, 0.29) is 17.7 Å². The first-order valence-electron chi connectivity index (χ1n) is 8.16. The number of hydrogen-bond donors (Lipinski definition) is 0. The minimum atomic E-state index is -0.317. The van der Waals surface area contributed by atoms with E-state index in [2.05, 4.69) is 6.92 Å². The molecule has 0 aliphatic heterocycles. The Morgan fingerprint density at radius 2 is 1.81 bits per heavy atom. The first-order valence-corrected chi connectivity index (χ1v) is 8.16. The van der Waals surface area contributed by atoms with E-state index >= 15 is 0 Å². The van der Waals surface area contributed by atoms with Gasteiger partial charge in [-0.2, -0.15) is 0 Å². The van der Waals surface area contributed by atoms with Crippen molar-refractivity contribution in [1.29, 1.82) is 0 Å². The van der Waals surface area contributed by atoms with Crippen molar-refractivity contribution in [3.63, 3.8) is 0 Å². The molecule has 3 heteroatoms. The minimum absolute atomic E-state index is 0.0116. The lowest BCUT2D eigenvalue weighted by molar-refractivity contribution is -0.140. The van der Waals surface area contributed by atoms with Crippen LogP contribution in [0.15, 0.2) is 24.3 Å². The van der Waals surface area contributed by atoms with Crippen LogP contribution >= 0.6 is 0 Å². The van der Waals surface area contributed by atoms with Gasteiger partial charge in [-0.1, -0.05) is 32.6 Å². The molecule has 0 unspecified atom stereocenters. The summed E-state index contributed by atoms with van der Waals surface area (Å²) < 4.78 is 18.1. The van der Waals surface area contributed by atoms with Crippen molar-refractivity contribution in [2.45, 2.75) is 58.3 Å². The Hall–Kier alpha value is -1.38. The number of halogens is 1. The Bertz CT molecular complexity index is 433. The maximum absolute atomic E-state index is 12.8. The second-order valence-electron chi connectivity index (χ2n) is 6.09. The van der Waals surface area contributed by atoms with E-state index < -0.39 is 0 Å². The fourth-order valence-electron chi connectivity index (χ4n) is 3.07. The molecule has 116 valence electrons. The maximum Gasteiger partial charge on any atom is 0.314 e. The third-order valence-electron chi connectivity index (χ3n) is 4.43. The zero-order valence-electron chi connectivity index (χ0n) is 12.8. The molecule has 0 aromatic heterocycles. The second-order valence-corrected chi connectivity index (χ2v) is 6.09. The lowest BCUT2D eigenvalue weighted by Crippen LogP contribution is -2.25. The average molecular weight is 292 g/mol. The number of rotatable bonds is 6. The minimum Gasteiger partial charge on any atom is -0.426 e. The summed E-state index contributed by atoms with van der Waals surface area (Å²) in [5.41, 5.74) is 0. The Morgan fingerprint density at radius 1 is 1.14 bits per heavy atom. The predicted molar refractivity (Wildman–Crippen MR) is 81.6 cm³/mol. The summed E-state index contributed by atoms with van der Waals surface area (Å²) in [6.45, 7) is 2.22. The zero-order chi connectivity index (χ0) is 15.1. The molecule has 0 heterocycles. The van der Waals surface area contributed by atoms with Crippen LogP contribution in [0, 0.1) is 17.7 Å². The van der Waals surface area contributed by atoms with Gasteiger partial charge in [-0.05, 0) is 55.9 Å². The molecule has 0 radical (unpaired) electrons. The normalized spacial score (nSPS) is 22.0. The van der Waals surface area contributed by atoms with Crippen LogP contribution in [0.4, 0.5) is 4.39 Å². The predicted octanol–water partition coefficient (Wildman–Crippen LogP) is 5.12. The molecule has 1 saturated carbocycles. The van der Waals surface area contributed by atoms with Crippen molar-refractivity contribution in [2.75, 3.05) is 0 Å². The molecular weight excluding hydrogens is 267 g/mol. The van der Waals surface area contributed by atoms with Crippen molar-refractivity contribution >= 4 is 5.97 Å². The quantitative estimate of drug-likeness (QED) is 0.413. The molecule has 0 bridgehead atoms. The van der Waals surface area contributed by atoms with Crippen LogP contribution in [0.3, 0.4) is 0 Å². The molecule has 2 nitrogen and oxygen atoms in total. The Kier molecular flexibility index (Phi) is 6.21. The van der Waals surface area contributed by atoms with Crippen molar-refractivity contribution in [2.24, 2.45) is 11.8 Å². The molecule has 1 aliphatic rings. The summed E-state index contributed by atoms with van der Waals surface area (Å²) in [7, 11) is 0. The Morgan fingerprint density at radius 3 is 2.43 bits per heavy atom. The van der Waals surface area contributed by atoms with Crippen LogP contribution in [-0.2, 0) is 4.79 Å². The summed E-state index contributed by atoms with van der Waals surface area (Å²) in [5, 5.41) is 0. The highest BCUT2D eigenvalue weighted by molar-refractivity contribution is 5.75. The summed E-state index contributed by atoms with van der Waals surface area (Å²) in [4.78, 5) is 12.1. The molecule has 0 saturated heterocycles. The van der Waals surface area contributed by atoms with Gasteiger partial charge in [0.15, 0.2) is 0 Å². The van der Waals surface area contributed by atoms with Crippen LogP contribution in [0.2, 0.25) is 0 Å². The van der Waals surface area contributed by atoms with Crippen LogP contribution in [0.1, 0.15) is 58.3 Å². The monoisotopic (exact) mass is 292 g/mol. The molecule has 0 N–H and O–H groups in total. The first-order chi connectivity index (χ1) is 10.2. The van der Waals surface area contributed by atoms with Gasteiger partial charge < -0.3 is 4.74 Å². The van der Waals surface area contributed by atoms with Gasteiger partial charge in [-0.15, -0.1) is 0 Å². The van der Waals surface area contributed by atoms with E-state index in [1.165, 1.54) is 49.9 Å². The van der Waals surface area contributed by atoms with E-state index in [1.807, 2.05) is 0 Å². The molecule has 0 spiro atoms. The first kappa shape index (κ1) is 16.0. The molecule has 1 aromatic carbocycles. The van der Waals surface area contributed by atoms with E-state index in [0.717, 1.165) is 31.6 Å². The number of esters is 1. The number of ether oxygens (including phenoxy) is 1. The number of hydrogen-bond acceptors (Lipinski definition) is 2. The van der Waals surface area contributed by atoms with Gasteiger partial charge >= 0.3 is 5.97 Å². The fourth-order valence-corrected chi connectivity index (χ4v) is 3.07. The lowest BCUT2D eigenvalue weighted by Gasteiger charge is -2.27. The van der Waals surface area contributed by atoms with Crippen molar-refractivity contribution in [3.8, 4) is 5.75 Å². The summed E-state index contributed by atoms with van der Waals surface area (Å²) in [5.74, 6) is 0.756. The molecule has 1 aliphatic carbocycles. The molecule has 1 aromatic rings. The van der Waals surface area contributed by atoms with Gasteiger partial charge in [0.1, 0.15) is 11.6 Å². The zero-order valence-corrected chi connectivity index (χ0v) is 12.8. The lowest BCUT2D eigenvalue weighted by atomic mass is 9.80. The standard InChI is InChI=1S/C18H25FO2/c1-2-3-4-5-14-6-8-15(9-7-14)18(20)21-17-12-10-16(19)11-13-17/h10-15H,2-9H2,1H3/t14-,15-. The Labute approximate surface area is 126 Å². The third kappa shape index (κ3) is 5.14. The van der Waals surface area contributed by atoms with Crippen LogP contribution in [-0.4, -0.2) is 5.97 Å². The number of benzene rings is 1. The molecule has 0 amide bonds. The highest BCUT2D eigenvalue weighted by atomic mass is 19.1. The summed E-state index contributed by atoms with van der Waals surface area (Å²) in [6.07, 6.45) is 9.30. The van der Waals surface area contributed by atoms with Crippen LogP contribution < -0.4 is 4.74 Å². The Balaban J connectivity index is 1.74. The van der Waals surface area contributed by atoms with Gasteiger partial charge in [0.05, 0.1) is 5.92 Å². The smallest absolute Gasteiger partial charge is 0.314 e. The fraction of sp³-hybridized carbons (Fsp3) is 0.611. The van der Waals surface area contributed by atoms with Crippen LogP contribution in [0.5, 0.6) is 5.75 Å². The second kappa shape index (κ2) is 8.16. The van der Waals surface area contributed by atoms with Gasteiger partial charge in [0.2, 0.25) is 0 Å². The number of carbonyl (C=O) groups is 1. The largest absolute Gasteiger partial charge is 0.426 e. The van der Waals surface area contributed by atoms with E-state index in [1.54, 1.807) is 0 Å². The maximum atomic E-state index is 12.8. The molecular formula is C18H25FO2. The number of carbonyl (C=O) groups excluding carboxylic acids is 1. The number of unbranched alkanes of at least 4 members (excludes halogenated alkanes) is 2. The highest BCUT2D eigenvalue weighted by Gasteiger charge is 2.27. The highest BCUT2D eigenvalue weighted by Crippen LogP contribution is 2.33. The third-order valence-corrected chi connectivity index (χ3v) is 4.43. The molecule has 0 atom stereocenters. The van der Waals surface area contributed by atoms with Crippen molar-refractivity contribution in [3.05, 3.63) is 30.1 Å². The van der Waals surface area contributed by atoms with Crippen molar-refractivity contribution < 1.29 is 13.9 Å². The van der Waals surface area contributed by atoms with Gasteiger partial charge in [-0.3, -0.25) is 4.79 Å². The molecule has 21 heavy (non-hydrogen) atoms. The summed E-state index contributed by atoms with van der Waals surface area (Å²) in [6, 6.07) is 5.63. The van der Waals surface area contributed by atoms with Crippen molar-refractivity contribution in [1.82, 2.24) is 0 Å². The average Bonchev–Trinajstić information content (AvgIpc) is 2.50. The van der Waals surface area contributed by atoms with Gasteiger partial charge in [-0.25, -0.2) is 4.39 Å². The molecule has 2 rings (SSSR count). The van der Waals surface area contributed by atoms with Gasteiger partial charge in [0.25, 0.3) is 0 Å². The van der Waals surface area contributed by atoms with Crippen LogP contribution in [0.25, 0.3) is 0 Å². The topological polar surface area (TPSA) is 26.3 Å². The summed E-state index contributed by atoms with van der Waals surface area (Å²) >= 11 is 0. The van der Waals surface area contributed by atoms with E-state index in [4.69, 9.17) is 4.74 Å². The van der Waals surface area contributed by atoms with E-state index in [0.29, 0.717) is 5.75 Å².